The van der Waals surface area contributed by atoms with E-state index in [1.54, 1.807) is 18.2 Å². The predicted molar refractivity (Wildman–Crippen MR) is 62.4 cm³/mol. The summed E-state index contributed by atoms with van der Waals surface area (Å²) in [5, 5.41) is 0. The molecule has 0 amide bonds. The summed E-state index contributed by atoms with van der Waals surface area (Å²) in [7, 11) is -0.304. The maximum atomic E-state index is 11.9. The molecule has 16 heavy (non-hydrogen) atoms. The van der Waals surface area contributed by atoms with Gasteiger partial charge in [0.15, 0.2) is 0 Å². The van der Waals surface area contributed by atoms with Gasteiger partial charge in [-0.15, -0.1) is 0 Å². The minimum Gasteiger partial charge on any atom is -0.321 e. The van der Waals surface area contributed by atoms with Crippen LogP contribution in [0.2, 0.25) is 0 Å². The molecule has 0 spiro atoms. The third kappa shape index (κ3) is 1.86. The van der Waals surface area contributed by atoms with Crippen LogP contribution in [-0.2, 0) is 15.6 Å². The van der Waals surface area contributed by atoms with Gasteiger partial charge in [-0.2, -0.15) is 0 Å². The largest absolute Gasteiger partial charge is 0.321 e. The molecule has 4 nitrogen and oxygen atoms in total. The molecule has 1 aliphatic carbocycles. The van der Waals surface area contributed by atoms with Crippen molar-refractivity contribution < 1.29 is 8.42 Å². The number of rotatable bonds is 3. The van der Waals surface area contributed by atoms with E-state index in [0.717, 1.165) is 18.4 Å². The van der Waals surface area contributed by atoms with E-state index in [2.05, 4.69) is 0 Å². The molecular formula is C11H16N2O2S. The van der Waals surface area contributed by atoms with Crippen LogP contribution in [0.4, 0.5) is 0 Å². The fourth-order valence-corrected chi connectivity index (χ4v) is 2.55. The quantitative estimate of drug-likeness (QED) is 0.853. The SMILES string of the molecule is CN(C)S(=O)(=O)c1cccc(C2(N)CC2)c1. The summed E-state index contributed by atoms with van der Waals surface area (Å²) in [6.45, 7) is 0. The van der Waals surface area contributed by atoms with E-state index in [9.17, 15) is 8.42 Å². The lowest BCUT2D eigenvalue weighted by molar-refractivity contribution is 0.520. The van der Waals surface area contributed by atoms with Gasteiger partial charge in [0, 0.05) is 19.6 Å². The van der Waals surface area contributed by atoms with Gasteiger partial charge in [0.2, 0.25) is 10.0 Å². The summed E-state index contributed by atoms with van der Waals surface area (Å²) >= 11 is 0. The number of nitrogens with two attached hydrogens (primary N) is 1. The molecule has 0 aliphatic heterocycles. The van der Waals surface area contributed by atoms with Crippen molar-refractivity contribution in [3.05, 3.63) is 29.8 Å². The number of benzene rings is 1. The number of nitrogens with zero attached hydrogens (tertiary/aromatic N) is 1. The molecule has 0 saturated heterocycles. The van der Waals surface area contributed by atoms with E-state index in [0.29, 0.717) is 4.90 Å². The van der Waals surface area contributed by atoms with Gasteiger partial charge in [-0.25, -0.2) is 12.7 Å². The van der Waals surface area contributed by atoms with Crippen LogP contribution in [0.15, 0.2) is 29.2 Å². The Hall–Kier alpha value is -0.910. The van der Waals surface area contributed by atoms with E-state index in [4.69, 9.17) is 5.73 Å². The smallest absolute Gasteiger partial charge is 0.242 e. The van der Waals surface area contributed by atoms with Crippen LogP contribution < -0.4 is 5.73 Å². The average Bonchev–Trinajstić information content (AvgIpc) is 2.98. The molecule has 2 rings (SSSR count). The second-order valence-electron chi connectivity index (χ2n) is 4.47. The van der Waals surface area contributed by atoms with Crippen molar-refractivity contribution in [3.63, 3.8) is 0 Å². The molecule has 5 heteroatoms. The van der Waals surface area contributed by atoms with Gasteiger partial charge in [0.05, 0.1) is 4.90 Å². The van der Waals surface area contributed by atoms with E-state index in [-0.39, 0.29) is 5.54 Å². The van der Waals surface area contributed by atoms with E-state index in [1.807, 2.05) is 6.07 Å². The Balaban J connectivity index is 2.44. The molecule has 0 unspecified atom stereocenters. The molecule has 0 bridgehead atoms. The third-order valence-electron chi connectivity index (χ3n) is 2.98. The van der Waals surface area contributed by atoms with Crippen molar-refractivity contribution >= 4 is 10.0 Å². The van der Waals surface area contributed by atoms with Crippen molar-refractivity contribution in [2.45, 2.75) is 23.3 Å². The van der Waals surface area contributed by atoms with Gasteiger partial charge in [0.1, 0.15) is 0 Å². The highest BCUT2D eigenvalue weighted by Gasteiger charge is 2.40. The van der Waals surface area contributed by atoms with Crippen LogP contribution >= 0.6 is 0 Å². The third-order valence-corrected chi connectivity index (χ3v) is 4.79. The second kappa shape index (κ2) is 3.55. The Morgan fingerprint density at radius 3 is 2.44 bits per heavy atom. The summed E-state index contributed by atoms with van der Waals surface area (Å²) < 4.78 is 25.0. The average molecular weight is 240 g/mol. The topological polar surface area (TPSA) is 63.4 Å². The molecule has 1 fully saturated rings. The van der Waals surface area contributed by atoms with Gasteiger partial charge >= 0.3 is 0 Å². The van der Waals surface area contributed by atoms with E-state index >= 15 is 0 Å². The highest BCUT2D eigenvalue weighted by molar-refractivity contribution is 7.89. The van der Waals surface area contributed by atoms with Crippen LogP contribution in [0.5, 0.6) is 0 Å². The van der Waals surface area contributed by atoms with Crippen molar-refractivity contribution in [3.8, 4) is 0 Å². The summed E-state index contributed by atoms with van der Waals surface area (Å²) in [6.07, 6.45) is 1.86. The van der Waals surface area contributed by atoms with Crippen molar-refractivity contribution in [1.29, 1.82) is 0 Å². The minimum absolute atomic E-state index is 0.294. The monoisotopic (exact) mass is 240 g/mol. The molecular weight excluding hydrogens is 224 g/mol. The van der Waals surface area contributed by atoms with E-state index < -0.39 is 10.0 Å². The van der Waals surface area contributed by atoms with Crippen LogP contribution in [0.25, 0.3) is 0 Å². The van der Waals surface area contributed by atoms with Crippen molar-refractivity contribution in [2.24, 2.45) is 5.73 Å². The number of hydrogen-bond donors (Lipinski definition) is 1. The molecule has 0 aromatic heterocycles. The Bertz CT molecular complexity index is 504. The molecule has 0 radical (unpaired) electrons. The molecule has 0 heterocycles. The highest BCUT2D eigenvalue weighted by Crippen LogP contribution is 2.43. The standard InChI is InChI=1S/C11H16N2O2S/c1-13(2)16(14,15)10-5-3-4-9(8-10)11(12)6-7-11/h3-5,8H,6-7,12H2,1-2H3. The molecule has 88 valence electrons. The Labute approximate surface area is 96.1 Å². The van der Waals surface area contributed by atoms with Gasteiger partial charge < -0.3 is 5.73 Å². The maximum Gasteiger partial charge on any atom is 0.242 e. The molecule has 0 atom stereocenters. The van der Waals surface area contributed by atoms with Crippen LogP contribution in [0.3, 0.4) is 0 Å². The molecule has 1 aromatic rings. The lowest BCUT2D eigenvalue weighted by atomic mass is 10.1. The zero-order valence-electron chi connectivity index (χ0n) is 9.47. The molecule has 1 aromatic carbocycles. The first-order valence-electron chi connectivity index (χ1n) is 5.18. The predicted octanol–water partition coefficient (Wildman–Crippen LogP) is 0.885. The summed E-state index contributed by atoms with van der Waals surface area (Å²) in [4.78, 5) is 0.312. The van der Waals surface area contributed by atoms with Crippen molar-refractivity contribution in [1.82, 2.24) is 4.31 Å². The fourth-order valence-electron chi connectivity index (χ4n) is 1.60. The lowest BCUT2D eigenvalue weighted by Crippen LogP contribution is -2.24. The maximum absolute atomic E-state index is 11.9. The summed E-state index contributed by atoms with van der Waals surface area (Å²) in [5.41, 5.74) is 6.67. The van der Waals surface area contributed by atoms with Gasteiger partial charge in [-0.1, -0.05) is 12.1 Å². The van der Waals surface area contributed by atoms with Crippen LogP contribution in [0, 0.1) is 0 Å². The lowest BCUT2D eigenvalue weighted by Gasteiger charge is -2.14. The van der Waals surface area contributed by atoms with Crippen molar-refractivity contribution in [2.75, 3.05) is 14.1 Å². The zero-order chi connectivity index (χ0) is 12.0. The zero-order valence-corrected chi connectivity index (χ0v) is 10.3. The second-order valence-corrected chi connectivity index (χ2v) is 6.62. The van der Waals surface area contributed by atoms with Gasteiger partial charge in [-0.3, -0.25) is 0 Å². The molecule has 2 N–H and O–H groups in total. The first-order chi connectivity index (χ1) is 7.36. The normalized spacial score (nSPS) is 18.8. The first kappa shape index (κ1) is 11.6. The van der Waals surface area contributed by atoms with Gasteiger partial charge in [0.25, 0.3) is 0 Å². The Morgan fingerprint density at radius 2 is 1.94 bits per heavy atom. The minimum atomic E-state index is -3.35. The number of sulfonamides is 1. The fraction of sp³-hybridized carbons (Fsp3) is 0.455. The molecule has 1 saturated carbocycles. The Morgan fingerprint density at radius 1 is 1.31 bits per heavy atom. The van der Waals surface area contributed by atoms with Crippen LogP contribution in [0.1, 0.15) is 18.4 Å². The first-order valence-corrected chi connectivity index (χ1v) is 6.62. The number of hydrogen-bond acceptors (Lipinski definition) is 3. The Kier molecular flexibility index (Phi) is 2.57. The summed E-state index contributed by atoms with van der Waals surface area (Å²) in [5.74, 6) is 0. The van der Waals surface area contributed by atoms with E-state index in [1.165, 1.54) is 18.4 Å². The summed E-state index contributed by atoms with van der Waals surface area (Å²) in [6, 6.07) is 6.92. The van der Waals surface area contributed by atoms with Crippen LogP contribution in [-0.4, -0.2) is 26.8 Å². The molecule has 1 aliphatic rings. The highest BCUT2D eigenvalue weighted by atomic mass is 32.2. The van der Waals surface area contributed by atoms with Gasteiger partial charge in [-0.05, 0) is 30.5 Å².